The van der Waals surface area contributed by atoms with Crippen LogP contribution >= 0.6 is 0 Å². The first kappa shape index (κ1) is 16.7. The molecule has 4 rings (SSSR count). The monoisotopic (exact) mass is 355 g/mol. The average Bonchev–Trinajstić information content (AvgIpc) is 3.18. The number of tetrazole rings is 1. The molecule has 27 heavy (non-hydrogen) atoms. The van der Waals surface area contributed by atoms with Crippen molar-refractivity contribution in [3.8, 4) is 11.4 Å². The van der Waals surface area contributed by atoms with E-state index in [1.165, 1.54) is 0 Å². The molecule has 0 aliphatic carbocycles. The van der Waals surface area contributed by atoms with Gasteiger partial charge in [0.05, 0.1) is 6.54 Å². The van der Waals surface area contributed by atoms with Crippen molar-refractivity contribution in [1.29, 1.82) is 0 Å². The number of hydrogen-bond donors (Lipinski definition) is 1. The Labute approximate surface area is 156 Å². The van der Waals surface area contributed by atoms with Gasteiger partial charge in [0.1, 0.15) is 0 Å². The summed E-state index contributed by atoms with van der Waals surface area (Å²) in [6.07, 6.45) is 0. The molecule has 0 aliphatic heterocycles. The molecular formula is C21H17N5O. The lowest BCUT2D eigenvalue weighted by atomic mass is 10.1. The predicted octanol–water partition coefficient (Wildman–Crippen LogP) is 3.64. The molecule has 4 aromatic rings. The van der Waals surface area contributed by atoms with Gasteiger partial charge >= 0.3 is 0 Å². The molecule has 0 aliphatic rings. The van der Waals surface area contributed by atoms with Crippen LogP contribution in [-0.4, -0.2) is 26.1 Å². The molecule has 0 saturated heterocycles. The van der Waals surface area contributed by atoms with Crippen LogP contribution in [0, 0.1) is 0 Å². The highest BCUT2D eigenvalue weighted by Gasteiger charge is 2.08. The second-order valence-electron chi connectivity index (χ2n) is 6.03. The minimum atomic E-state index is -0.141. The third-order valence-electron chi connectivity index (χ3n) is 4.06. The smallest absolute Gasteiger partial charge is 0.255 e. The van der Waals surface area contributed by atoms with Gasteiger partial charge in [-0.1, -0.05) is 60.7 Å². The number of hydrogen-bond acceptors (Lipinski definition) is 4. The normalized spacial score (nSPS) is 10.5. The summed E-state index contributed by atoms with van der Waals surface area (Å²) in [6.45, 7) is 0.487. The lowest BCUT2D eigenvalue weighted by Crippen LogP contribution is -2.12. The number of nitrogens with zero attached hydrogens (tertiary/aromatic N) is 4. The van der Waals surface area contributed by atoms with E-state index in [1.54, 1.807) is 16.9 Å². The van der Waals surface area contributed by atoms with Crippen LogP contribution in [0.1, 0.15) is 15.9 Å². The third-order valence-corrected chi connectivity index (χ3v) is 4.06. The van der Waals surface area contributed by atoms with Gasteiger partial charge in [-0.05, 0) is 35.0 Å². The molecule has 0 saturated carbocycles. The van der Waals surface area contributed by atoms with Gasteiger partial charge in [0.2, 0.25) is 5.82 Å². The van der Waals surface area contributed by atoms with Crippen LogP contribution in [0.3, 0.4) is 0 Å². The zero-order chi connectivity index (χ0) is 18.5. The van der Waals surface area contributed by atoms with Crippen molar-refractivity contribution in [2.75, 3.05) is 5.32 Å². The van der Waals surface area contributed by atoms with Crippen molar-refractivity contribution in [3.05, 3.63) is 96.1 Å². The summed E-state index contributed by atoms with van der Waals surface area (Å²) < 4.78 is 0. The summed E-state index contributed by atoms with van der Waals surface area (Å²) in [6, 6.07) is 26.5. The van der Waals surface area contributed by atoms with Gasteiger partial charge in [0, 0.05) is 16.8 Å². The lowest BCUT2D eigenvalue weighted by molar-refractivity contribution is 0.102. The highest BCUT2D eigenvalue weighted by atomic mass is 16.1. The van der Waals surface area contributed by atoms with Gasteiger partial charge in [-0.15, -0.1) is 10.2 Å². The number of amides is 1. The Hall–Kier alpha value is -3.80. The molecule has 0 fully saturated rings. The van der Waals surface area contributed by atoms with E-state index in [9.17, 15) is 4.79 Å². The second-order valence-corrected chi connectivity index (χ2v) is 6.03. The Morgan fingerprint density at radius 2 is 1.52 bits per heavy atom. The summed E-state index contributed by atoms with van der Waals surface area (Å²) in [5.41, 5.74) is 3.28. The maximum absolute atomic E-state index is 12.3. The van der Waals surface area contributed by atoms with E-state index in [1.807, 2.05) is 72.8 Å². The molecule has 3 aromatic carbocycles. The fraction of sp³-hybridized carbons (Fsp3) is 0.0476. The van der Waals surface area contributed by atoms with Crippen LogP contribution in [-0.2, 0) is 6.54 Å². The third kappa shape index (κ3) is 4.07. The number of nitrogens with one attached hydrogen (secondary N) is 1. The minimum absolute atomic E-state index is 0.141. The first-order valence-electron chi connectivity index (χ1n) is 8.56. The van der Waals surface area contributed by atoms with Crippen molar-refractivity contribution in [2.45, 2.75) is 6.54 Å². The van der Waals surface area contributed by atoms with Gasteiger partial charge < -0.3 is 5.32 Å². The Bertz CT molecular complexity index is 1030. The van der Waals surface area contributed by atoms with E-state index in [4.69, 9.17) is 0 Å². The molecule has 0 radical (unpaired) electrons. The average molecular weight is 355 g/mol. The molecule has 6 heteroatoms. The number of aromatic nitrogens is 4. The number of anilines is 1. The summed E-state index contributed by atoms with van der Waals surface area (Å²) in [5, 5.41) is 15.5. The molecule has 0 atom stereocenters. The quantitative estimate of drug-likeness (QED) is 0.593. The number of carbonyl (C=O) groups excluding carboxylic acids is 1. The molecular weight excluding hydrogens is 338 g/mol. The highest BCUT2D eigenvalue weighted by Crippen LogP contribution is 2.13. The summed E-state index contributed by atoms with van der Waals surface area (Å²) in [4.78, 5) is 13.8. The van der Waals surface area contributed by atoms with Gasteiger partial charge in [-0.25, -0.2) is 0 Å². The molecule has 0 spiro atoms. The van der Waals surface area contributed by atoms with Crippen LogP contribution in [0.25, 0.3) is 11.4 Å². The first-order chi connectivity index (χ1) is 13.3. The van der Waals surface area contributed by atoms with Gasteiger partial charge in [-0.2, -0.15) is 4.80 Å². The van der Waals surface area contributed by atoms with E-state index in [0.29, 0.717) is 17.9 Å². The zero-order valence-electron chi connectivity index (χ0n) is 14.5. The van der Waals surface area contributed by atoms with Crippen molar-refractivity contribution < 1.29 is 4.79 Å². The SMILES string of the molecule is O=C(Nc1ccccc1)c1ccc(Cn2nnc(-c3ccccc3)n2)cc1. The Balaban J connectivity index is 1.42. The maximum atomic E-state index is 12.3. The first-order valence-corrected chi connectivity index (χ1v) is 8.56. The van der Waals surface area contributed by atoms with Crippen LogP contribution in [0.2, 0.25) is 0 Å². The lowest BCUT2D eigenvalue weighted by Gasteiger charge is -2.06. The molecule has 1 heterocycles. The summed E-state index contributed by atoms with van der Waals surface area (Å²) >= 11 is 0. The van der Waals surface area contributed by atoms with E-state index < -0.39 is 0 Å². The molecule has 0 unspecified atom stereocenters. The van der Waals surface area contributed by atoms with E-state index in [-0.39, 0.29) is 5.91 Å². The Morgan fingerprint density at radius 1 is 0.852 bits per heavy atom. The molecule has 1 amide bonds. The molecule has 0 bridgehead atoms. The Morgan fingerprint density at radius 3 is 2.22 bits per heavy atom. The number of rotatable bonds is 5. The summed E-state index contributed by atoms with van der Waals surface area (Å²) in [7, 11) is 0. The zero-order valence-corrected chi connectivity index (χ0v) is 14.5. The maximum Gasteiger partial charge on any atom is 0.255 e. The fourth-order valence-electron chi connectivity index (χ4n) is 2.66. The van der Waals surface area contributed by atoms with Crippen LogP contribution in [0.5, 0.6) is 0 Å². The second kappa shape index (κ2) is 7.61. The highest BCUT2D eigenvalue weighted by molar-refractivity contribution is 6.04. The molecule has 1 N–H and O–H groups in total. The Kier molecular flexibility index (Phi) is 4.70. The minimum Gasteiger partial charge on any atom is -0.322 e. The standard InChI is InChI=1S/C21H17N5O/c27-21(22-19-9-5-2-6-10-19)18-13-11-16(12-14-18)15-26-24-20(23-25-26)17-7-3-1-4-8-17/h1-14H,15H2,(H,22,27). The van der Waals surface area contributed by atoms with E-state index in [2.05, 4.69) is 20.7 Å². The topological polar surface area (TPSA) is 72.7 Å². The van der Waals surface area contributed by atoms with Crippen molar-refractivity contribution in [3.63, 3.8) is 0 Å². The number of para-hydroxylation sites is 1. The molecule has 132 valence electrons. The van der Waals surface area contributed by atoms with Crippen LogP contribution in [0.4, 0.5) is 5.69 Å². The number of benzene rings is 3. The van der Waals surface area contributed by atoms with Gasteiger partial charge in [0.15, 0.2) is 0 Å². The summed E-state index contributed by atoms with van der Waals surface area (Å²) in [5.74, 6) is 0.451. The van der Waals surface area contributed by atoms with E-state index >= 15 is 0 Å². The van der Waals surface area contributed by atoms with Crippen molar-refractivity contribution >= 4 is 11.6 Å². The fourth-order valence-corrected chi connectivity index (χ4v) is 2.66. The van der Waals surface area contributed by atoms with Crippen LogP contribution < -0.4 is 5.32 Å². The van der Waals surface area contributed by atoms with Gasteiger partial charge in [-0.3, -0.25) is 4.79 Å². The predicted molar refractivity (Wildman–Crippen MR) is 103 cm³/mol. The van der Waals surface area contributed by atoms with Crippen LogP contribution in [0.15, 0.2) is 84.9 Å². The van der Waals surface area contributed by atoms with Crippen molar-refractivity contribution in [1.82, 2.24) is 20.2 Å². The largest absolute Gasteiger partial charge is 0.322 e. The molecule has 6 nitrogen and oxygen atoms in total. The van der Waals surface area contributed by atoms with Crippen molar-refractivity contribution in [2.24, 2.45) is 0 Å². The molecule has 1 aromatic heterocycles. The van der Waals surface area contributed by atoms with Gasteiger partial charge in [0.25, 0.3) is 5.91 Å². The van der Waals surface area contributed by atoms with E-state index in [0.717, 1.165) is 16.8 Å². The number of carbonyl (C=O) groups is 1.